The number of benzene rings is 10. The van der Waals surface area contributed by atoms with Crippen molar-refractivity contribution in [3.05, 3.63) is 281 Å². The van der Waals surface area contributed by atoms with Gasteiger partial charge in [0.15, 0.2) is 0 Å². The fourth-order valence-electron chi connectivity index (χ4n) is 12.1. The average molecular weight is 830 g/mol. The second kappa shape index (κ2) is 13.4. The quantitative estimate of drug-likeness (QED) is 0.167. The maximum atomic E-state index is 2.51. The van der Waals surface area contributed by atoms with E-state index in [1.807, 2.05) is 11.3 Å². The van der Waals surface area contributed by atoms with Crippen molar-refractivity contribution in [2.24, 2.45) is 0 Å². The molecule has 2 heteroatoms. The van der Waals surface area contributed by atoms with Crippen LogP contribution in [0.5, 0.6) is 0 Å². The second-order valence-corrected chi connectivity index (χ2v) is 18.5. The summed E-state index contributed by atoms with van der Waals surface area (Å²) in [5, 5.41) is 2.58. The summed E-state index contributed by atoms with van der Waals surface area (Å²) in [6.07, 6.45) is 0. The zero-order valence-electron chi connectivity index (χ0n) is 34.9. The molecular weight excluding hydrogens is 791 g/mol. The molecule has 10 aromatic carbocycles. The minimum Gasteiger partial charge on any atom is -0.309 e. The smallest absolute Gasteiger partial charge is 0.0725 e. The lowest BCUT2D eigenvalue weighted by atomic mass is 9.68. The molecule has 1 aromatic heterocycles. The molecule has 0 amide bonds. The molecule has 0 fully saturated rings. The summed E-state index contributed by atoms with van der Waals surface area (Å²) in [4.78, 5) is 2.51. The molecule has 1 spiro atoms. The van der Waals surface area contributed by atoms with Crippen molar-refractivity contribution < 1.29 is 0 Å². The van der Waals surface area contributed by atoms with Crippen LogP contribution in [0.1, 0.15) is 44.5 Å². The van der Waals surface area contributed by atoms with Crippen molar-refractivity contribution in [1.29, 1.82) is 0 Å². The van der Waals surface area contributed by atoms with Gasteiger partial charge < -0.3 is 4.90 Å². The highest BCUT2D eigenvalue weighted by Gasteiger charge is 2.52. The summed E-state index contributed by atoms with van der Waals surface area (Å²) >= 11 is 1.88. The normalized spacial score (nSPS) is 14.2. The Morgan fingerprint density at radius 1 is 0.297 bits per heavy atom. The van der Waals surface area contributed by atoms with Crippen LogP contribution in [-0.2, 0) is 10.8 Å². The molecule has 0 bridgehead atoms. The van der Waals surface area contributed by atoms with Crippen LogP contribution in [0.25, 0.3) is 53.6 Å². The van der Waals surface area contributed by atoms with Gasteiger partial charge in [-0.15, -0.1) is 11.3 Å². The Labute approximate surface area is 376 Å². The Hall–Kier alpha value is -7.78. The third-order valence-electron chi connectivity index (χ3n) is 14.6. The van der Waals surface area contributed by atoms with Crippen molar-refractivity contribution >= 4 is 48.6 Å². The van der Waals surface area contributed by atoms with Crippen molar-refractivity contribution in [3.63, 3.8) is 0 Å². The number of hydrogen-bond donors (Lipinski definition) is 0. The van der Waals surface area contributed by atoms with Gasteiger partial charge in [-0.25, -0.2) is 0 Å². The van der Waals surface area contributed by atoms with E-state index in [2.05, 4.69) is 241 Å². The highest BCUT2D eigenvalue weighted by Crippen LogP contribution is 2.63. The van der Waals surface area contributed by atoms with Gasteiger partial charge in [0.25, 0.3) is 0 Å². The van der Waals surface area contributed by atoms with E-state index in [-0.39, 0.29) is 0 Å². The van der Waals surface area contributed by atoms with Gasteiger partial charge in [-0.3, -0.25) is 0 Å². The molecular formula is C62H39NS. The van der Waals surface area contributed by atoms with Gasteiger partial charge >= 0.3 is 0 Å². The first kappa shape index (κ1) is 35.8. The fourth-order valence-corrected chi connectivity index (χ4v) is 13.3. The molecule has 0 atom stereocenters. The second-order valence-electron chi connectivity index (χ2n) is 17.5. The number of rotatable bonds is 5. The Bertz CT molecular complexity index is 3600. The minimum absolute atomic E-state index is 0.394. The molecule has 0 saturated heterocycles. The number of hydrogen-bond acceptors (Lipinski definition) is 2. The zero-order valence-corrected chi connectivity index (χ0v) is 35.7. The van der Waals surface area contributed by atoms with E-state index in [0.29, 0.717) is 0 Å². The van der Waals surface area contributed by atoms with Gasteiger partial charge in [0, 0.05) is 26.8 Å². The largest absolute Gasteiger partial charge is 0.309 e. The highest BCUT2D eigenvalue weighted by molar-refractivity contribution is 7.26. The maximum absolute atomic E-state index is 2.51. The first-order valence-corrected chi connectivity index (χ1v) is 23.1. The van der Waals surface area contributed by atoms with E-state index in [1.54, 1.807) is 0 Å². The molecule has 11 aromatic rings. The number of thiophene rings is 1. The van der Waals surface area contributed by atoms with Gasteiger partial charge in [0.2, 0.25) is 0 Å². The van der Waals surface area contributed by atoms with E-state index in [9.17, 15) is 0 Å². The maximum Gasteiger partial charge on any atom is 0.0725 e. The van der Waals surface area contributed by atoms with Crippen molar-refractivity contribution in [2.75, 3.05) is 4.90 Å². The summed E-state index contributed by atoms with van der Waals surface area (Å²) < 4.78 is 2.58. The van der Waals surface area contributed by atoms with E-state index < -0.39 is 10.8 Å². The Kier molecular flexibility index (Phi) is 7.47. The summed E-state index contributed by atoms with van der Waals surface area (Å²) in [6, 6.07) is 88.8. The van der Waals surface area contributed by atoms with E-state index in [0.717, 1.165) is 11.4 Å². The SMILES string of the molecule is c1ccc(C2(c3ccc(N(c4ccc5c(c4)-c4ccccc4C54c5ccccc5-c5ccccc54)c4cccc5c4sc4ccccc45)cc3)c3ccccc3-c3ccccc32)cc1. The minimum atomic E-state index is -0.469. The van der Waals surface area contributed by atoms with E-state index in [1.165, 1.54) is 104 Å². The molecule has 0 N–H and O–H groups in total. The van der Waals surface area contributed by atoms with Crippen molar-refractivity contribution in [1.82, 2.24) is 0 Å². The summed E-state index contributed by atoms with van der Waals surface area (Å²) in [6.45, 7) is 0. The van der Waals surface area contributed by atoms with Crippen molar-refractivity contribution in [3.8, 4) is 33.4 Å². The summed E-state index contributed by atoms with van der Waals surface area (Å²) in [5.74, 6) is 0. The average Bonchev–Trinajstić information content (AvgIpc) is 4.08. The van der Waals surface area contributed by atoms with Crippen LogP contribution in [-0.4, -0.2) is 0 Å². The predicted molar refractivity (Wildman–Crippen MR) is 268 cm³/mol. The lowest BCUT2D eigenvalue weighted by molar-refractivity contribution is 0.768. The third kappa shape index (κ3) is 4.57. The van der Waals surface area contributed by atoms with Crippen molar-refractivity contribution in [2.45, 2.75) is 10.8 Å². The molecule has 0 unspecified atom stereocenters. The zero-order chi connectivity index (χ0) is 42.0. The van der Waals surface area contributed by atoms with Crippen LogP contribution in [0.15, 0.2) is 237 Å². The van der Waals surface area contributed by atoms with Crippen LogP contribution in [0, 0.1) is 0 Å². The highest BCUT2D eigenvalue weighted by atomic mass is 32.1. The lowest BCUT2D eigenvalue weighted by Gasteiger charge is -2.34. The molecule has 1 nitrogen and oxygen atoms in total. The summed E-state index contributed by atoms with van der Waals surface area (Å²) in [7, 11) is 0. The number of nitrogens with zero attached hydrogens (tertiary/aromatic N) is 1. The standard InChI is InChI=1S/C62H39NS/c1-2-17-40(18-3-1)61(52-26-10-4-19-44(52)45-20-5-11-27-53(45)61)41-33-35-42(36-34-41)63(58-31-16-25-50-49-24-9-15-32-59(49)64-60(50)58)43-37-38-57-51(39-43)48-23-8-14-30-56(48)62(57)54-28-12-6-21-46(54)47-22-7-13-29-55(47)62/h1-39H. The molecule has 3 aliphatic rings. The van der Waals surface area contributed by atoms with Gasteiger partial charge in [0.1, 0.15) is 0 Å². The van der Waals surface area contributed by atoms with Gasteiger partial charge in [-0.1, -0.05) is 200 Å². The van der Waals surface area contributed by atoms with Crippen LogP contribution >= 0.6 is 11.3 Å². The topological polar surface area (TPSA) is 3.24 Å². The molecule has 3 aliphatic carbocycles. The Morgan fingerprint density at radius 3 is 1.33 bits per heavy atom. The van der Waals surface area contributed by atoms with Crippen LogP contribution in [0.3, 0.4) is 0 Å². The molecule has 0 radical (unpaired) electrons. The molecule has 0 saturated carbocycles. The van der Waals surface area contributed by atoms with E-state index >= 15 is 0 Å². The predicted octanol–water partition coefficient (Wildman–Crippen LogP) is 16.2. The molecule has 298 valence electrons. The van der Waals surface area contributed by atoms with Crippen LogP contribution < -0.4 is 4.90 Å². The van der Waals surface area contributed by atoms with Gasteiger partial charge in [0.05, 0.1) is 21.2 Å². The molecule has 64 heavy (non-hydrogen) atoms. The van der Waals surface area contributed by atoms with Crippen LogP contribution in [0.2, 0.25) is 0 Å². The molecule has 14 rings (SSSR count). The first-order valence-electron chi connectivity index (χ1n) is 22.3. The Morgan fingerprint density at radius 2 is 0.734 bits per heavy atom. The third-order valence-corrected chi connectivity index (χ3v) is 15.8. The first-order chi connectivity index (χ1) is 31.8. The van der Waals surface area contributed by atoms with Gasteiger partial charge in [-0.2, -0.15) is 0 Å². The van der Waals surface area contributed by atoms with Gasteiger partial charge in [-0.05, 0) is 114 Å². The number of anilines is 3. The Balaban J connectivity index is 1.01. The summed E-state index contributed by atoms with van der Waals surface area (Å²) in [5.41, 5.74) is 21.0. The van der Waals surface area contributed by atoms with Crippen LogP contribution in [0.4, 0.5) is 17.1 Å². The fraction of sp³-hybridized carbons (Fsp3) is 0.0323. The van der Waals surface area contributed by atoms with E-state index in [4.69, 9.17) is 0 Å². The molecule has 0 aliphatic heterocycles. The lowest BCUT2D eigenvalue weighted by Crippen LogP contribution is -2.28. The monoisotopic (exact) mass is 829 g/mol. The number of fused-ring (bicyclic) bond motifs is 16. The molecule has 1 heterocycles.